The highest BCUT2D eigenvalue weighted by atomic mass is 19.4. The van der Waals surface area contributed by atoms with Gasteiger partial charge in [-0.1, -0.05) is 0 Å². The summed E-state index contributed by atoms with van der Waals surface area (Å²) in [5.41, 5.74) is 1.76. The van der Waals surface area contributed by atoms with Crippen LogP contribution < -0.4 is 4.90 Å². The predicted molar refractivity (Wildman–Crippen MR) is 62.3 cm³/mol. The smallest absolute Gasteiger partial charge is 0.359 e. The SMILES string of the molecule is Cc1cc(C#N)ccc1N(CC(F)(F)F)C1CC1. The number of hydrogen-bond acceptors (Lipinski definition) is 2. The number of hydrogen-bond donors (Lipinski definition) is 0. The number of nitriles is 1. The van der Waals surface area contributed by atoms with Crippen molar-refractivity contribution in [1.29, 1.82) is 5.26 Å². The summed E-state index contributed by atoms with van der Waals surface area (Å²) in [6.07, 6.45) is -2.60. The first-order valence-corrected chi connectivity index (χ1v) is 5.75. The van der Waals surface area contributed by atoms with E-state index in [1.165, 1.54) is 4.90 Å². The Kier molecular flexibility index (Phi) is 3.20. The van der Waals surface area contributed by atoms with Crippen LogP contribution in [0.4, 0.5) is 18.9 Å². The van der Waals surface area contributed by atoms with E-state index >= 15 is 0 Å². The molecule has 0 amide bonds. The highest BCUT2D eigenvalue weighted by molar-refractivity contribution is 5.57. The van der Waals surface area contributed by atoms with Gasteiger partial charge in [-0.3, -0.25) is 0 Å². The number of anilines is 1. The quantitative estimate of drug-likeness (QED) is 0.826. The molecule has 0 aromatic heterocycles. The van der Waals surface area contributed by atoms with Gasteiger partial charge in [0, 0.05) is 11.7 Å². The lowest BCUT2D eigenvalue weighted by Gasteiger charge is -2.27. The van der Waals surface area contributed by atoms with Gasteiger partial charge in [-0.25, -0.2) is 0 Å². The second-order valence-corrected chi connectivity index (χ2v) is 4.59. The molecule has 1 saturated carbocycles. The molecule has 5 heteroatoms. The third-order valence-electron chi connectivity index (χ3n) is 2.97. The first-order valence-electron chi connectivity index (χ1n) is 5.75. The molecule has 0 aliphatic heterocycles. The molecule has 1 aliphatic carbocycles. The van der Waals surface area contributed by atoms with Gasteiger partial charge in [-0.2, -0.15) is 18.4 Å². The summed E-state index contributed by atoms with van der Waals surface area (Å²) in [6, 6.07) is 6.77. The summed E-state index contributed by atoms with van der Waals surface area (Å²) in [7, 11) is 0. The predicted octanol–water partition coefficient (Wildman–Crippen LogP) is 3.40. The molecule has 0 radical (unpaired) electrons. The molecule has 96 valence electrons. The van der Waals surface area contributed by atoms with Gasteiger partial charge in [0.05, 0.1) is 11.6 Å². The number of rotatable bonds is 3. The molecule has 0 saturated heterocycles. The maximum absolute atomic E-state index is 12.6. The molecular weight excluding hydrogens is 241 g/mol. The van der Waals surface area contributed by atoms with E-state index in [1.807, 2.05) is 6.07 Å². The van der Waals surface area contributed by atoms with Gasteiger partial charge in [-0.05, 0) is 43.5 Å². The van der Waals surface area contributed by atoms with Crippen molar-refractivity contribution in [1.82, 2.24) is 0 Å². The molecule has 0 spiro atoms. The minimum Gasteiger partial charge on any atom is -0.359 e. The third kappa shape index (κ3) is 2.95. The molecule has 0 bridgehead atoms. The van der Waals surface area contributed by atoms with Gasteiger partial charge >= 0.3 is 6.18 Å². The monoisotopic (exact) mass is 254 g/mol. The van der Waals surface area contributed by atoms with E-state index in [0.29, 0.717) is 16.8 Å². The van der Waals surface area contributed by atoms with Crippen molar-refractivity contribution in [3.63, 3.8) is 0 Å². The lowest BCUT2D eigenvalue weighted by atomic mass is 10.1. The van der Waals surface area contributed by atoms with Crippen LogP contribution in [0.15, 0.2) is 18.2 Å². The van der Waals surface area contributed by atoms with Crippen LogP contribution in [-0.2, 0) is 0 Å². The zero-order chi connectivity index (χ0) is 13.3. The van der Waals surface area contributed by atoms with E-state index in [9.17, 15) is 13.2 Å². The minimum absolute atomic E-state index is 0.0155. The lowest BCUT2D eigenvalue weighted by molar-refractivity contribution is -0.120. The van der Waals surface area contributed by atoms with Gasteiger partial charge in [-0.15, -0.1) is 0 Å². The third-order valence-corrected chi connectivity index (χ3v) is 2.97. The van der Waals surface area contributed by atoms with Gasteiger partial charge in [0.1, 0.15) is 6.54 Å². The first kappa shape index (κ1) is 12.7. The Hall–Kier alpha value is -1.70. The number of alkyl halides is 3. The molecule has 2 nitrogen and oxygen atoms in total. The van der Waals surface area contributed by atoms with E-state index < -0.39 is 12.7 Å². The molecule has 1 aliphatic rings. The fourth-order valence-electron chi connectivity index (χ4n) is 2.04. The standard InChI is InChI=1S/C13H13F3N2/c1-9-6-10(7-17)2-5-12(9)18(11-3-4-11)8-13(14,15)16/h2,5-6,11H,3-4,8H2,1H3. The molecular formula is C13H13F3N2. The molecule has 0 heterocycles. The Balaban J connectivity index is 2.29. The van der Waals surface area contributed by atoms with Crippen molar-refractivity contribution in [2.75, 3.05) is 11.4 Å². The van der Waals surface area contributed by atoms with Crippen LogP contribution in [0.1, 0.15) is 24.0 Å². The average Bonchev–Trinajstić information content (AvgIpc) is 3.08. The Morgan fingerprint density at radius 2 is 2.06 bits per heavy atom. The van der Waals surface area contributed by atoms with E-state index in [4.69, 9.17) is 5.26 Å². The lowest BCUT2D eigenvalue weighted by Crippen LogP contribution is -2.36. The highest BCUT2D eigenvalue weighted by Gasteiger charge is 2.38. The first-order chi connectivity index (χ1) is 8.40. The van der Waals surface area contributed by atoms with Crippen LogP contribution in [0.25, 0.3) is 0 Å². The molecule has 18 heavy (non-hydrogen) atoms. The van der Waals surface area contributed by atoms with Gasteiger partial charge in [0.25, 0.3) is 0 Å². The summed E-state index contributed by atoms with van der Waals surface area (Å²) in [6.45, 7) is 0.812. The molecule has 1 aromatic rings. The normalized spacial score (nSPS) is 15.3. The minimum atomic E-state index is -4.21. The van der Waals surface area contributed by atoms with Crippen molar-refractivity contribution in [2.24, 2.45) is 0 Å². The van der Waals surface area contributed by atoms with Crippen molar-refractivity contribution in [3.05, 3.63) is 29.3 Å². The summed E-state index contributed by atoms with van der Waals surface area (Å²) in [4.78, 5) is 1.40. The zero-order valence-electron chi connectivity index (χ0n) is 9.96. The van der Waals surface area contributed by atoms with E-state index in [2.05, 4.69) is 0 Å². The topological polar surface area (TPSA) is 27.0 Å². The molecule has 1 aromatic carbocycles. The Bertz CT molecular complexity index is 484. The van der Waals surface area contributed by atoms with Crippen LogP contribution in [0.2, 0.25) is 0 Å². The fourth-order valence-corrected chi connectivity index (χ4v) is 2.04. The summed E-state index contributed by atoms with van der Waals surface area (Å²) in [5.74, 6) is 0. The summed E-state index contributed by atoms with van der Waals surface area (Å²) in [5, 5.41) is 8.76. The molecule has 0 N–H and O–H groups in total. The fraction of sp³-hybridized carbons (Fsp3) is 0.462. The van der Waals surface area contributed by atoms with Crippen LogP contribution in [0.5, 0.6) is 0 Å². The largest absolute Gasteiger partial charge is 0.405 e. The van der Waals surface area contributed by atoms with E-state index in [1.54, 1.807) is 25.1 Å². The highest BCUT2D eigenvalue weighted by Crippen LogP contribution is 2.36. The second kappa shape index (κ2) is 4.52. The number of halogens is 3. The van der Waals surface area contributed by atoms with Crippen LogP contribution in [-0.4, -0.2) is 18.8 Å². The van der Waals surface area contributed by atoms with Gasteiger partial charge in [0.2, 0.25) is 0 Å². The van der Waals surface area contributed by atoms with Crippen LogP contribution >= 0.6 is 0 Å². The van der Waals surface area contributed by atoms with E-state index in [0.717, 1.165) is 12.8 Å². The molecule has 0 atom stereocenters. The maximum atomic E-state index is 12.6. The van der Waals surface area contributed by atoms with E-state index in [-0.39, 0.29) is 6.04 Å². The number of benzene rings is 1. The van der Waals surface area contributed by atoms with Gasteiger partial charge < -0.3 is 4.90 Å². The number of nitrogens with zero attached hydrogens (tertiary/aromatic N) is 2. The van der Waals surface area contributed by atoms with Crippen LogP contribution in [0.3, 0.4) is 0 Å². The molecule has 2 rings (SSSR count). The van der Waals surface area contributed by atoms with Crippen molar-refractivity contribution in [2.45, 2.75) is 32.0 Å². The van der Waals surface area contributed by atoms with Crippen molar-refractivity contribution in [3.8, 4) is 6.07 Å². The Morgan fingerprint density at radius 1 is 1.39 bits per heavy atom. The summed E-state index contributed by atoms with van der Waals surface area (Å²) < 4.78 is 37.7. The average molecular weight is 254 g/mol. The number of aryl methyl sites for hydroxylation is 1. The maximum Gasteiger partial charge on any atom is 0.405 e. The van der Waals surface area contributed by atoms with Crippen molar-refractivity contribution >= 4 is 5.69 Å². The van der Waals surface area contributed by atoms with Gasteiger partial charge in [0.15, 0.2) is 0 Å². The van der Waals surface area contributed by atoms with Crippen LogP contribution in [0, 0.1) is 18.3 Å². The molecule has 1 fully saturated rings. The Labute approximate surface area is 104 Å². The summed E-state index contributed by atoms with van der Waals surface area (Å²) >= 11 is 0. The molecule has 0 unspecified atom stereocenters. The second-order valence-electron chi connectivity index (χ2n) is 4.59. The van der Waals surface area contributed by atoms with Crippen molar-refractivity contribution < 1.29 is 13.2 Å². The zero-order valence-corrected chi connectivity index (χ0v) is 9.96. The Morgan fingerprint density at radius 3 is 2.50 bits per heavy atom.